The Morgan fingerprint density at radius 1 is 1.14 bits per heavy atom. The van der Waals surface area contributed by atoms with Crippen LogP contribution in [0.4, 0.5) is 10.1 Å². The van der Waals surface area contributed by atoms with Crippen LogP contribution >= 0.6 is 0 Å². The zero-order valence-corrected chi connectivity index (χ0v) is 10.7. The smallest absolute Gasteiger partial charge is 0.341 e. The van der Waals surface area contributed by atoms with Crippen LogP contribution in [0, 0.1) is 5.82 Å². The van der Waals surface area contributed by atoms with Crippen LogP contribution in [0.15, 0.2) is 48.5 Å². The number of aliphatic hydroxyl groups is 1. The molecule has 0 saturated heterocycles. The van der Waals surface area contributed by atoms with Crippen molar-refractivity contribution in [2.24, 2.45) is 0 Å². The van der Waals surface area contributed by atoms with Crippen LogP contribution in [0.25, 0.3) is 0 Å². The summed E-state index contributed by atoms with van der Waals surface area (Å²) in [6.45, 7) is 0. The molecule has 1 amide bonds. The van der Waals surface area contributed by atoms with Gasteiger partial charge in [-0.25, -0.2) is 9.18 Å². The molecule has 2 N–H and O–H groups in total. The third-order valence-corrected chi connectivity index (χ3v) is 3.16. The highest BCUT2D eigenvalue weighted by Crippen LogP contribution is 2.35. The predicted octanol–water partition coefficient (Wildman–Crippen LogP) is 1.78. The monoisotopic (exact) mass is 287 g/mol. The summed E-state index contributed by atoms with van der Waals surface area (Å²) in [6.07, 6.45) is 0. The molecule has 1 unspecified atom stereocenters. The summed E-state index contributed by atoms with van der Waals surface area (Å²) in [7, 11) is 0. The van der Waals surface area contributed by atoms with Gasteiger partial charge in [0.25, 0.3) is 0 Å². The molecule has 1 atom stereocenters. The third-order valence-electron chi connectivity index (χ3n) is 3.16. The Balaban J connectivity index is 1.91. The van der Waals surface area contributed by atoms with Crippen LogP contribution in [-0.4, -0.2) is 17.0 Å². The third kappa shape index (κ3) is 2.15. The average Bonchev–Trinajstić information content (AvgIpc) is 2.75. The van der Waals surface area contributed by atoms with E-state index < -0.39 is 23.5 Å². The van der Waals surface area contributed by atoms with Crippen molar-refractivity contribution in [3.63, 3.8) is 0 Å². The van der Waals surface area contributed by atoms with Gasteiger partial charge in [0.05, 0.1) is 5.56 Å². The number of nitrogens with one attached hydrogen (secondary N) is 1. The molecule has 2 aromatic carbocycles. The van der Waals surface area contributed by atoms with Gasteiger partial charge in [-0.15, -0.1) is 0 Å². The maximum absolute atomic E-state index is 12.8. The minimum Gasteiger partial charge on any atom is -0.415 e. The fraction of sp³-hybridized carbons (Fsp3) is 0.0667. The fourth-order valence-corrected chi connectivity index (χ4v) is 2.12. The predicted molar refractivity (Wildman–Crippen MR) is 70.8 cm³/mol. The van der Waals surface area contributed by atoms with E-state index in [4.69, 9.17) is 4.74 Å². The van der Waals surface area contributed by atoms with Crippen molar-refractivity contribution in [1.82, 2.24) is 0 Å². The van der Waals surface area contributed by atoms with E-state index in [-0.39, 0.29) is 16.8 Å². The van der Waals surface area contributed by atoms with Crippen molar-refractivity contribution in [2.75, 3.05) is 5.32 Å². The summed E-state index contributed by atoms with van der Waals surface area (Å²) in [5.74, 6) is -4.54. The van der Waals surface area contributed by atoms with Gasteiger partial charge >= 0.3 is 17.7 Å². The van der Waals surface area contributed by atoms with Crippen molar-refractivity contribution in [3.05, 3.63) is 65.5 Å². The zero-order valence-electron chi connectivity index (χ0n) is 10.7. The molecular formula is C15H10FNO4. The molecule has 0 spiro atoms. The number of esters is 1. The Hall–Kier alpha value is -2.73. The molecule has 2 aromatic rings. The number of fused-ring (bicyclic) bond motifs is 1. The molecule has 0 saturated carbocycles. The lowest BCUT2D eigenvalue weighted by atomic mass is 10.0. The highest BCUT2D eigenvalue weighted by Gasteiger charge is 2.50. The van der Waals surface area contributed by atoms with E-state index in [2.05, 4.69) is 5.32 Å². The molecule has 1 aliphatic heterocycles. The van der Waals surface area contributed by atoms with Crippen LogP contribution in [0.2, 0.25) is 0 Å². The Labute approximate surface area is 119 Å². The number of hydrogen-bond donors (Lipinski definition) is 2. The molecule has 21 heavy (non-hydrogen) atoms. The van der Waals surface area contributed by atoms with Gasteiger partial charge in [0, 0.05) is 11.3 Å². The number of hydrogen-bond acceptors (Lipinski definition) is 4. The molecule has 0 aliphatic carbocycles. The van der Waals surface area contributed by atoms with Gasteiger partial charge < -0.3 is 15.2 Å². The molecule has 0 radical (unpaired) electrons. The number of cyclic esters (lactones) is 1. The maximum Gasteiger partial charge on any atom is 0.341 e. The Kier molecular flexibility index (Phi) is 2.95. The summed E-state index contributed by atoms with van der Waals surface area (Å²) in [5, 5.41) is 12.7. The van der Waals surface area contributed by atoms with E-state index in [1.165, 1.54) is 24.3 Å². The molecule has 0 aromatic heterocycles. The van der Waals surface area contributed by atoms with Crippen molar-refractivity contribution >= 4 is 17.6 Å². The number of benzene rings is 2. The first-order valence-electron chi connectivity index (χ1n) is 6.13. The van der Waals surface area contributed by atoms with Gasteiger partial charge in [-0.3, -0.25) is 4.79 Å². The van der Waals surface area contributed by atoms with E-state index in [0.717, 1.165) is 12.1 Å². The standard InChI is InChI=1S/C15H10FNO4/c16-9-5-7-10(8-6-9)17-14(19)15(20)12-4-2-1-3-11(12)13(18)21-15/h1-8,20H,(H,17,19). The van der Waals surface area contributed by atoms with Crippen LogP contribution in [0.3, 0.4) is 0 Å². The molecule has 1 heterocycles. The zero-order chi connectivity index (χ0) is 15.0. The molecule has 6 heteroatoms. The van der Waals surface area contributed by atoms with Gasteiger partial charge in [-0.2, -0.15) is 0 Å². The number of anilines is 1. The van der Waals surface area contributed by atoms with Gasteiger partial charge in [-0.1, -0.05) is 18.2 Å². The number of rotatable bonds is 2. The van der Waals surface area contributed by atoms with Gasteiger partial charge in [0.1, 0.15) is 5.82 Å². The number of carbonyl (C=O) groups is 2. The van der Waals surface area contributed by atoms with Crippen LogP contribution < -0.4 is 5.32 Å². The maximum atomic E-state index is 12.8. The second kappa shape index (κ2) is 4.68. The van der Waals surface area contributed by atoms with Crippen LogP contribution in [0.1, 0.15) is 15.9 Å². The number of carbonyl (C=O) groups excluding carboxylic acids is 2. The molecular weight excluding hydrogens is 277 g/mol. The molecule has 0 bridgehead atoms. The average molecular weight is 287 g/mol. The Morgan fingerprint density at radius 3 is 2.52 bits per heavy atom. The first-order chi connectivity index (χ1) is 10.0. The molecule has 0 fully saturated rings. The van der Waals surface area contributed by atoms with E-state index in [9.17, 15) is 19.1 Å². The van der Waals surface area contributed by atoms with E-state index >= 15 is 0 Å². The second-order valence-electron chi connectivity index (χ2n) is 4.54. The lowest BCUT2D eigenvalue weighted by Crippen LogP contribution is -2.40. The van der Waals surface area contributed by atoms with Crippen molar-refractivity contribution < 1.29 is 23.8 Å². The van der Waals surface area contributed by atoms with E-state index in [1.54, 1.807) is 12.1 Å². The molecule has 5 nitrogen and oxygen atoms in total. The summed E-state index contributed by atoms with van der Waals surface area (Å²) < 4.78 is 17.6. The van der Waals surface area contributed by atoms with Gasteiger partial charge in [0.2, 0.25) is 0 Å². The quantitative estimate of drug-likeness (QED) is 0.826. The first-order valence-corrected chi connectivity index (χ1v) is 6.13. The van der Waals surface area contributed by atoms with Crippen LogP contribution in [0.5, 0.6) is 0 Å². The molecule has 1 aliphatic rings. The summed E-state index contributed by atoms with van der Waals surface area (Å²) in [5.41, 5.74) is 0.485. The first kappa shape index (κ1) is 13.3. The largest absolute Gasteiger partial charge is 0.415 e. The summed E-state index contributed by atoms with van der Waals surface area (Å²) in [4.78, 5) is 23.9. The molecule has 3 rings (SSSR count). The van der Waals surface area contributed by atoms with Gasteiger partial charge in [0.15, 0.2) is 0 Å². The number of halogens is 1. The number of amides is 1. The van der Waals surface area contributed by atoms with Crippen molar-refractivity contribution in [1.29, 1.82) is 0 Å². The topological polar surface area (TPSA) is 75.6 Å². The van der Waals surface area contributed by atoms with E-state index in [0.29, 0.717) is 0 Å². The van der Waals surface area contributed by atoms with Gasteiger partial charge in [-0.05, 0) is 30.3 Å². The lowest BCUT2D eigenvalue weighted by molar-refractivity contribution is -0.180. The minimum absolute atomic E-state index is 0.0783. The van der Waals surface area contributed by atoms with E-state index in [1.807, 2.05) is 0 Å². The molecule has 106 valence electrons. The van der Waals surface area contributed by atoms with Crippen molar-refractivity contribution in [2.45, 2.75) is 5.79 Å². The second-order valence-corrected chi connectivity index (χ2v) is 4.54. The van der Waals surface area contributed by atoms with Crippen molar-refractivity contribution in [3.8, 4) is 0 Å². The summed E-state index contributed by atoms with van der Waals surface area (Å²) >= 11 is 0. The number of ether oxygens (including phenoxy) is 1. The SMILES string of the molecule is O=C1OC(O)(C(=O)Nc2ccc(F)cc2)c2ccccc21. The summed E-state index contributed by atoms with van der Waals surface area (Å²) in [6, 6.07) is 11.1. The Morgan fingerprint density at radius 2 is 1.81 bits per heavy atom. The normalized spacial score (nSPS) is 19.8. The Bertz CT molecular complexity index is 729. The highest BCUT2D eigenvalue weighted by molar-refractivity contribution is 6.05. The van der Waals surface area contributed by atoms with Crippen LogP contribution in [-0.2, 0) is 15.3 Å². The fourth-order valence-electron chi connectivity index (χ4n) is 2.12. The highest BCUT2D eigenvalue weighted by atomic mass is 19.1. The minimum atomic E-state index is -2.39. The lowest BCUT2D eigenvalue weighted by Gasteiger charge is -2.21.